The van der Waals surface area contributed by atoms with Crippen molar-refractivity contribution in [1.82, 2.24) is 0 Å². The quantitative estimate of drug-likeness (QED) is 0.655. The average molecular weight is 284 g/mol. The zero-order chi connectivity index (χ0) is 15.1. The van der Waals surface area contributed by atoms with Crippen molar-refractivity contribution in [1.29, 1.82) is 0 Å². The van der Waals surface area contributed by atoms with Gasteiger partial charge in [-0.2, -0.15) is 9.21 Å². The summed E-state index contributed by atoms with van der Waals surface area (Å²) in [6.45, 7) is 10.8. The summed E-state index contributed by atoms with van der Waals surface area (Å²) in [6, 6.07) is 11.2. The molecule has 2 aromatic carbocycles. The fourth-order valence-electron chi connectivity index (χ4n) is 2.52. The molecule has 0 heterocycles. The van der Waals surface area contributed by atoms with Crippen LogP contribution in [0, 0.1) is 34.6 Å². The Kier molecular flexibility index (Phi) is 3.84. The highest BCUT2D eigenvalue weighted by atomic mass is 32.2. The maximum absolute atomic E-state index is 4.48. The van der Waals surface area contributed by atoms with E-state index >= 15 is 0 Å². The number of aryl methyl sites for hydroxylation is 4. The van der Waals surface area contributed by atoms with Crippen LogP contribution in [-0.4, -0.2) is 11.7 Å². The van der Waals surface area contributed by atoms with Gasteiger partial charge in [-0.1, -0.05) is 17.8 Å². The smallest absolute Gasteiger partial charge is 0.000694 e. The van der Waals surface area contributed by atoms with E-state index in [1.165, 1.54) is 37.6 Å². The van der Waals surface area contributed by atoms with Crippen molar-refractivity contribution >= 4 is 20.9 Å². The Labute approximate surface area is 124 Å². The van der Waals surface area contributed by atoms with Crippen LogP contribution in [0.5, 0.6) is 0 Å². The van der Waals surface area contributed by atoms with Gasteiger partial charge in [0.2, 0.25) is 0 Å². The van der Waals surface area contributed by atoms with E-state index < -0.39 is 9.21 Å². The minimum Gasteiger partial charge on any atom is -0.160 e. The highest BCUT2D eigenvalue weighted by molar-refractivity contribution is 8.27. The number of benzene rings is 2. The van der Waals surface area contributed by atoms with E-state index in [0.29, 0.717) is 0 Å². The number of hydrogen-bond donors (Lipinski definition) is 0. The topological polar surface area (TPSA) is 0 Å². The monoisotopic (exact) mass is 284 g/mol. The molecule has 106 valence electrons. The molecule has 2 aromatic rings. The summed E-state index contributed by atoms with van der Waals surface area (Å²) in [5.74, 6) is 8.95. The predicted octanol–water partition coefficient (Wildman–Crippen LogP) is 5.32. The molecule has 0 saturated carbocycles. The largest absolute Gasteiger partial charge is 0.160 e. The van der Waals surface area contributed by atoms with Crippen LogP contribution in [0.1, 0.15) is 27.8 Å². The van der Waals surface area contributed by atoms with Crippen LogP contribution in [0.2, 0.25) is 0 Å². The lowest BCUT2D eigenvalue weighted by atomic mass is 10.1. The molecule has 20 heavy (non-hydrogen) atoms. The average Bonchev–Trinajstić information content (AvgIpc) is 2.34. The van der Waals surface area contributed by atoms with Crippen LogP contribution in [0.4, 0.5) is 0 Å². The van der Waals surface area contributed by atoms with Crippen molar-refractivity contribution in [3.05, 3.63) is 58.1 Å². The zero-order valence-electron chi connectivity index (χ0n) is 13.2. The third-order valence-electron chi connectivity index (χ3n) is 4.00. The van der Waals surface area contributed by atoms with E-state index in [1.807, 2.05) is 0 Å². The summed E-state index contributed by atoms with van der Waals surface area (Å²) in [5, 5.41) is 0. The molecular formula is C19H24S. The Morgan fingerprint density at radius 2 is 1.05 bits per heavy atom. The molecule has 1 heteroatoms. The minimum absolute atomic E-state index is 1.26. The van der Waals surface area contributed by atoms with Crippen LogP contribution >= 0.6 is 9.21 Å². The lowest BCUT2D eigenvalue weighted by Gasteiger charge is -2.19. The van der Waals surface area contributed by atoms with Gasteiger partial charge in [0.25, 0.3) is 0 Å². The van der Waals surface area contributed by atoms with Gasteiger partial charge in [0, 0.05) is 9.79 Å². The molecule has 0 radical (unpaired) electrons. The van der Waals surface area contributed by atoms with Gasteiger partial charge in [0.15, 0.2) is 0 Å². The van der Waals surface area contributed by atoms with Crippen molar-refractivity contribution in [3.8, 4) is 0 Å². The van der Waals surface area contributed by atoms with E-state index in [9.17, 15) is 0 Å². The van der Waals surface area contributed by atoms with E-state index in [-0.39, 0.29) is 0 Å². The van der Waals surface area contributed by atoms with Gasteiger partial charge >= 0.3 is 0 Å². The first-order valence-corrected chi connectivity index (χ1v) is 8.84. The highest BCUT2D eigenvalue weighted by Gasteiger charge is 2.09. The van der Waals surface area contributed by atoms with Crippen molar-refractivity contribution < 1.29 is 0 Å². The van der Waals surface area contributed by atoms with Gasteiger partial charge < -0.3 is 0 Å². The fourth-order valence-corrected chi connectivity index (χ4v) is 4.42. The molecule has 0 spiro atoms. The first-order chi connectivity index (χ1) is 9.21. The van der Waals surface area contributed by atoms with Gasteiger partial charge in [-0.3, -0.25) is 0 Å². The predicted molar refractivity (Wildman–Crippen MR) is 94.9 cm³/mol. The molecule has 0 aromatic heterocycles. The molecule has 2 rings (SSSR count). The standard InChI is InChI=1S/C19H24S/c1-13-8-14(2)10-18(9-13)20(6,7)19-11-15(3)17(5)16(4)12-19/h8-12H,6-7H2,1-5H3. The molecule has 0 aliphatic carbocycles. The Morgan fingerprint density at radius 3 is 1.50 bits per heavy atom. The van der Waals surface area contributed by atoms with E-state index in [1.54, 1.807) is 0 Å². The molecule has 0 N–H and O–H groups in total. The van der Waals surface area contributed by atoms with Crippen LogP contribution in [-0.2, 0) is 0 Å². The van der Waals surface area contributed by atoms with Gasteiger partial charge in [-0.25, -0.2) is 0 Å². The molecule has 0 aliphatic rings. The summed E-state index contributed by atoms with van der Waals surface area (Å²) < 4.78 is 0. The van der Waals surface area contributed by atoms with Gasteiger partial charge in [-0.05, 0) is 86.7 Å². The third kappa shape index (κ3) is 2.69. The van der Waals surface area contributed by atoms with Gasteiger partial charge in [0.1, 0.15) is 0 Å². The highest BCUT2D eigenvalue weighted by Crippen LogP contribution is 2.42. The maximum Gasteiger partial charge on any atom is 0.000694 e. The van der Waals surface area contributed by atoms with Crippen molar-refractivity contribution in [2.75, 3.05) is 0 Å². The molecule has 0 amide bonds. The normalized spacial score (nSPS) is 11.7. The van der Waals surface area contributed by atoms with Gasteiger partial charge in [0.05, 0.1) is 0 Å². The Morgan fingerprint density at radius 1 is 0.650 bits per heavy atom. The lowest BCUT2D eigenvalue weighted by Crippen LogP contribution is -1.92. The van der Waals surface area contributed by atoms with Crippen LogP contribution < -0.4 is 0 Å². The van der Waals surface area contributed by atoms with Crippen molar-refractivity contribution in [2.24, 2.45) is 0 Å². The second-order valence-electron chi connectivity index (χ2n) is 5.89. The third-order valence-corrected chi connectivity index (χ3v) is 6.27. The zero-order valence-corrected chi connectivity index (χ0v) is 14.0. The second-order valence-corrected chi connectivity index (χ2v) is 8.60. The van der Waals surface area contributed by atoms with Crippen LogP contribution in [0.3, 0.4) is 0 Å². The molecule has 0 nitrogen and oxygen atoms in total. The fraction of sp³-hybridized carbons (Fsp3) is 0.263. The summed E-state index contributed by atoms with van der Waals surface area (Å²) in [6.07, 6.45) is 0. The molecule has 0 bridgehead atoms. The van der Waals surface area contributed by atoms with Crippen LogP contribution in [0.15, 0.2) is 40.1 Å². The summed E-state index contributed by atoms with van der Waals surface area (Å²) in [5.41, 5.74) is 6.58. The molecule has 0 unspecified atom stereocenters. The molecule has 0 saturated heterocycles. The Bertz CT molecular complexity index is 719. The maximum atomic E-state index is 4.48. The molecule has 0 aliphatic heterocycles. The van der Waals surface area contributed by atoms with E-state index in [2.05, 4.69) is 76.7 Å². The first-order valence-electron chi connectivity index (χ1n) is 6.87. The molecule has 0 atom stereocenters. The van der Waals surface area contributed by atoms with Crippen molar-refractivity contribution in [2.45, 2.75) is 44.4 Å². The Balaban J connectivity index is 2.66. The van der Waals surface area contributed by atoms with Crippen molar-refractivity contribution in [3.63, 3.8) is 0 Å². The number of hydrogen-bond acceptors (Lipinski definition) is 0. The summed E-state index contributed by atoms with van der Waals surface area (Å²) >= 11 is 0. The molecular weight excluding hydrogens is 260 g/mol. The van der Waals surface area contributed by atoms with E-state index in [0.717, 1.165) is 0 Å². The minimum atomic E-state index is -1.45. The number of rotatable bonds is 2. The second kappa shape index (κ2) is 5.14. The van der Waals surface area contributed by atoms with Gasteiger partial charge in [-0.15, -0.1) is 0 Å². The Hall–Kier alpha value is -1.47. The SMILES string of the molecule is C=S(=C)(c1cc(C)cc(C)c1)c1cc(C)c(C)c(C)c1. The lowest BCUT2D eigenvalue weighted by molar-refractivity contribution is 1.21. The summed E-state index contributed by atoms with van der Waals surface area (Å²) in [4.78, 5) is 2.53. The van der Waals surface area contributed by atoms with Crippen LogP contribution in [0.25, 0.3) is 0 Å². The summed E-state index contributed by atoms with van der Waals surface area (Å²) in [7, 11) is -1.45. The van der Waals surface area contributed by atoms with E-state index in [4.69, 9.17) is 0 Å². The molecule has 0 fully saturated rings. The first kappa shape index (κ1) is 14.9.